The van der Waals surface area contributed by atoms with Gasteiger partial charge in [-0.15, -0.1) is 0 Å². The Labute approximate surface area is 219 Å². The van der Waals surface area contributed by atoms with Gasteiger partial charge < -0.3 is 10.1 Å². The van der Waals surface area contributed by atoms with Crippen molar-refractivity contribution in [2.75, 3.05) is 12.4 Å². The summed E-state index contributed by atoms with van der Waals surface area (Å²) in [5, 5.41) is 11.2. The highest BCUT2D eigenvalue weighted by Gasteiger charge is 2.23. The molecule has 0 aliphatic carbocycles. The monoisotopic (exact) mass is 566 g/mol. The normalized spacial score (nSPS) is 11.3. The molecule has 11 heteroatoms. The molecule has 0 radical (unpaired) electrons. The summed E-state index contributed by atoms with van der Waals surface area (Å²) in [5.74, 6) is 0.167. The van der Waals surface area contributed by atoms with Crippen molar-refractivity contribution < 1.29 is 18.3 Å². The van der Waals surface area contributed by atoms with Gasteiger partial charge in [-0.2, -0.15) is 10.2 Å². The second kappa shape index (κ2) is 10.1. The van der Waals surface area contributed by atoms with Crippen molar-refractivity contribution in [3.63, 3.8) is 0 Å². The second-order valence-corrected chi connectivity index (χ2v) is 9.18. The maximum absolute atomic E-state index is 13.9. The summed E-state index contributed by atoms with van der Waals surface area (Å²) in [4.78, 5) is 17.7. The number of benzene rings is 2. The number of halogens is 3. The third-order valence-electron chi connectivity index (χ3n) is 5.76. The molecule has 0 fully saturated rings. The summed E-state index contributed by atoms with van der Waals surface area (Å²) in [6.07, 6.45) is 0.118. The zero-order valence-corrected chi connectivity index (χ0v) is 21.4. The Bertz CT molecular complexity index is 1600. The number of fused-ring (bicyclic) bond motifs is 1. The molecule has 0 bridgehead atoms. The molecule has 3 heterocycles. The van der Waals surface area contributed by atoms with E-state index in [4.69, 9.17) is 4.74 Å². The zero-order chi connectivity index (χ0) is 26.1. The molecule has 0 saturated carbocycles. The van der Waals surface area contributed by atoms with Gasteiger partial charge in [0.15, 0.2) is 11.5 Å². The minimum atomic E-state index is -2.85. The molecule has 5 rings (SSSR count). The summed E-state index contributed by atoms with van der Waals surface area (Å²) in [6, 6.07) is 16.2. The van der Waals surface area contributed by atoms with Crippen molar-refractivity contribution in [3.8, 4) is 17.0 Å². The number of alkyl halides is 2. The quantitative estimate of drug-likeness (QED) is 0.264. The van der Waals surface area contributed by atoms with Crippen LogP contribution in [-0.4, -0.2) is 37.4 Å². The lowest BCUT2D eigenvalue weighted by Crippen LogP contribution is -2.14. The van der Waals surface area contributed by atoms with Gasteiger partial charge in [0.2, 0.25) is 0 Å². The maximum atomic E-state index is 13.9. The average Bonchev–Trinajstić information content (AvgIpc) is 3.47. The Morgan fingerprint density at radius 1 is 1.16 bits per heavy atom. The fourth-order valence-corrected chi connectivity index (χ4v) is 4.33. The number of aryl methyl sites for hydroxylation is 1. The SMILES string of the molecule is COc1ccccc1-c1cc(C(F)F)n2ncc(C(=O)Nc3nn(Cc4ccc(C)cc4)cc3Br)c2n1. The van der Waals surface area contributed by atoms with Gasteiger partial charge in [-0.1, -0.05) is 42.0 Å². The number of rotatable bonds is 7. The molecule has 0 unspecified atom stereocenters. The lowest BCUT2D eigenvalue weighted by atomic mass is 10.1. The van der Waals surface area contributed by atoms with Crippen LogP contribution in [0, 0.1) is 6.92 Å². The number of hydrogen-bond acceptors (Lipinski definition) is 5. The average molecular weight is 567 g/mol. The minimum Gasteiger partial charge on any atom is -0.496 e. The van der Waals surface area contributed by atoms with Gasteiger partial charge >= 0.3 is 0 Å². The molecular weight excluding hydrogens is 546 g/mol. The van der Waals surface area contributed by atoms with E-state index in [-0.39, 0.29) is 22.7 Å². The smallest absolute Gasteiger partial charge is 0.280 e. The van der Waals surface area contributed by atoms with Gasteiger partial charge in [-0.3, -0.25) is 9.48 Å². The molecule has 188 valence electrons. The van der Waals surface area contributed by atoms with E-state index in [1.807, 2.05) is 31.2 Å². The molecular formula is C26H21BrF2N6O2. The van der Waals surface area contributed by atoms with Gasteiger partial charge in [0.25, 0.3) is 12.3 Å². The van der Waals surface area contributed by atoms with Crippen LogP contribution in [0.5, 0.6) is 5.75 Å². The number of nitrogens with one attached hydrogen (secondary N) is 1. The van der Waals surface area contributed by atoms with Crippen molar-refractivity contribution in [2.24, 2.45) is 0 Å². The van der Waals surface area contributed by atoms with Crippen LogP contribution < -0.4 is 10.1 Å². The van der Waals surface area contributed by atoms with Crippen LogP contribution in [0.15, 0.2) is 71.5 Å². The summed E-state index contributed by atoms with van der Waals surface area (Å²) < 4.78 is 36.5. The summed E-state index contributed by atoms with van der Waals surface area (Å²) >= 11 is 3.42. The molecule has 0 spiro atoms. The Morgan fingerprint density at radius 3 is 2.65 bits per heavy atom. The number of aromatic nitrogens is 5. The predicted molar refractivity (Wildman–Crippen MR) is 138 cm³/mol. The van der Waals surface area contributed by atoms with Crippen LogP contribution in [0.3, 0.4) is 0 Å². The number of methoxy groups -OCH3 is 1. The van der Waals surface area contributed by atoms with Crippen LogP contribution >= 0.6 is 15.9 Å². The molecule has 0 atom stereocenters. The number of anilines is 1. The summed E-state index contributed by atoms with van der Waals surface area (Å²) in [6.45, 7) is 2.52. The van der Waals surface area contributed by atoms with Crippen molar-refractivity contribution in [1.29, 1.82) is 0 Å². The number of amides is 1. The van der Waals surface area contributed by atoms with Gasteiger partial charge in [0.05, 0.1) is 30.0 Å². The first-order valence-electron chi connectivity index (χ1n) is 11.2. The van der Waals surface area contributed by atoms with Crippen LogP contribution in [0.4, 0.5) is 14.6 Å². The molecule has 8 nitrogen and oxygen atoms in total. The lowest BCUT2D eigenvalue weighted by molar-refractivity contribution is 0.102. The number of para-hydroxylation sites is 1. The Kier molecular flexibility index (Phi) is 6.70. The molecule has 1 N–H and O–H groups in total. The second-order valence-electron chi connectivity index (χ2n) is 8.32. The molecule has 0 saturated heterocycles. The van der Waals surface area contributed by atoms with Crippen LogP contribution in [0.1, 0.15) is 33.6 Å². The highest BCUT2D eigenvalue weighted by Crippen LogP contribution is 2.32. The Morgan fingerprint density at radius 2 is 1.92 bits per heavy atom. The number of carbonyl (C=O) groups is 1. The summed E-state index contributed by atoms with van der Waals surface area (Å²) in [7, 11) is 1.49. The van der Waals surface area contributed by atoms with Crippen molar-refractivity contribution in [2.45, 2.75) is 19.9 Å². The first kappa shape index (κ1) is 24.6. The highest BCUT2D eigenvalue weighted by molar-refractivity contribution is 9.10. The molecule has 3 aromatic heterocycles. The zero-order valence-electron chi connectivity index (χ0n) is 19.8. The number of hydrogen-bond donors (Lipinski definition) is 1. The molecule has 0 aliphatic rings. The first-order chi connectivity index (χ1) is 17.8. The first-order valence-corrected chi connectivity index (χ1v) is 12.0. The van der Waals surface area contributed by atoms with Crippen molar-refractivity contribution in [3.05, 3.63) is 93.8 Å². The van der Waals surface area contributed by atoms with E-state index in [0.29, 0.717) is 22.3 Å². The number of carbonyl (C=O) groups excluding carboxylic acids is 1. The van der Waals surface area contributed by atoms with Crippen LogP contribution in [0.25, 0.3) is 16.9 Å². The third-order valence-corrected chi connectivity index (χ3v) is 6.34. The van der Waals surface area contributed by atoms with Crippen molar-refractivity contribution in [1.82, 2.24) is 24.4 Å². The highest BCUT2D eigenvalue weighted by atomic mass is 79.9. The van der Waals surface area contributed by atoms with Crippen LogP contribution in [-0.2, 0) is 6.54 Å². The fraction of sp³-hybridized carbons (Fsp3) is 0.154. The van der Waals surface area contributed by atoms with Crippen LogP contribution in [0.2, 0.25) is 0 Å². The largest absolute Gasteiger partial charge is 0.496 e. The van der Waals surface area contributed by atoms with Gasteiger partial charge in [-0.25, -0.2) is 18.3 Å². The van der Waals surface area contributed by atoms with E-state index < -0.39 is 18.0 Å². The minimum absolute atomic E-state index is 0.00795. The van der Waals surface area contributed by atoms with E-state index >= 15 is 0 Å². The number of ether oxygens (including phenoxy) is 1. The molecule has 5 aromatic rings. The van der Waals surface area contributed by atoms with E-state index in [9.17, 15) is 13.6 Å². The van der Waals surface area contributed by atoms with Gasteiger partial charge in [0, 0.05) is 11.8 Å². The van der Waals surface area contributed by atoms with E-state index in [1.165, 1.54) is 19.4 Å². The topological polar surface area (TPSA) is 86.3 Å². The molecule has 37 heavy (non-hydrogen) atoms. The Hall–Kier alpha value is -4.12. The van der Waals surface area contributed by atoms with Gasteiger partial charge in [0.1, 0.15) is 17.0 Å². The van der Waals surface area contributed by atoms with E-state index in [1.54, 1.807) is 35.1 Å². The fourth-order valence-electron chi connectivity index (χ4n) is 3.91. The van der Waals surface area contributed by atoms with E-state index in [0.717, 1.165) is 15.6 Å². The predicted octanol–water partition coefficient (Wildman–Crippen LogP) is 5.91. The molecule has 2 aromatic carbocycles. The van der Waals surface area contributed by atoms with Gasteiger partial charge in [-0.05, 0) is 46.6 Å². The standard InChI is InChI=1S/C26H21BrF2N6O2/c1-15-7-9-16(10-8-15)13-34-14-19(27)24(33-34)32-26(36)18-12-30-35-21(23(28)29)11-20(31-25(18)35)17-5-3-4-6-22(17)37-2/h3-12,14,23H,13H2,1-2H3,(H,32,33,36). The van der Waals surface area contributed by atoms with E-state index in [2.05, 4.69) is 36.4 Å². The molecule has 1 amide bonds. The van der Waals surface area contributed by atoms with Crippen molar-refractivity contribution >= 4 is 33.3 Å². The molecule has 0 aliphatic heterocycles. The third kappa shape index (κ3) is 4.94. The maximum Gasteiger partial charge on any atom is 0.280 e. The Balaban J connectivity index is 1.48. The lowest BCUT2D eigenvalue weighted by Gasteiger charge is -2.11. The summed E-state index contributed by atoms with van der Waals surface area (Å²) in [5.41, 5.74) is 2.58. The number of nitrogens with zero attached hydrogens (tertiary/aromatic N) is 5.